The molecule has 3 nitrogen and oxygen atoms in total. The summed E-state index contributed by atoms with van der Waals surface area (Å²) in [6.07, 6.45) is -4.52. The summed E-state index contributed by atoms with van der Waals surface area (Å²) in [7, 11) is 0. The van der Waals surface area contributed by atoms with Gasteiger partial charge in [0, 0.05) is 10.5 Å². The van der Waals surface area contributed by atoms with Crippen LogP contribution in [-0.2, 0) is 4.79 Å². The summed E-state index contributed by atoms with van der Waals surface area (Å²) in [5.74, 6) is -1.90. The number of nitrogens with zero attached hydrogens (tertiary/aromatic N) is 1. The van der Waals surface area contributed by atoms with E-state index < -0.39 is 37.1 Å². The van der Waals surface area contributed by atoms with Crippen LogP contribution in [0.25, 0.3) is 0 Å². The van der Waals surface area contributed by atoms with Crippen LogP contribution in [0.2, 0.25) is 0 Å². The Morgan fingerprint density at radius 2 is 2.05 bits per heavy atom. The molecule has 1 rings (SSSR count). The number of halogens is 5. The lowest BCUT2D eigenvalue weighted by atomic mass is 10.1. The number of benzene rings is 1. The minimum absolute atomic E-state index is 0.294. The molecular weight excluding hydrogens is 346 g/mol. The normalized spacial score (nSPS) is 13.6. The maximum Gasteiger partial charge on any atom is 0.401 e. The number of carboxylic acid groups (broad SMARTS) is 1. The second-order valence-electron chi connectivity index (χ2n) is 4.26. The van der Waals surface area contributed by atoms with Gasteiger partial charge in [0.15, 0.2) is 0 Å². The van der Waals surface area contributed by atoms with Crippen molar-refractivity contribution in [1.29, 1.82) is 0 Å². The number of alkyl halides is 3. The van der Waals surface area contributed by atoms with E-state index >= 15 is 0 Å². The van der Waals surface area contributed by atoms with Gasteiger partial charge in [0.05, 0.1) is 13.1 Å². The summed E-state index contributed by atoms with van der Waals surface area (Å²) >= 11 is 3.07. The van der Waals surface area contributed by atoms with E-state index in [4.69, 9.17) is 5.11 Å². The molecule has 0 aliphatic carbocycles. The molecule has 0 fully saturated rings. The Labute approximate surface area is 121 Å². The first-order valence-corrected chi connectivity index (χ1v) is 6.37. The Hall–Kier alpha value is -1.15. The highest BCUT2D eigenvalue weighted by Crippen LogP contribution is 2.30. The fraction of sp³-hybridized carbons (Fsp3) is 0.417. The summed E-state index contributed by atoms with van der Waals surface area (Å²) in [5, 5.41) is 8.71. The molecule has 1 unspecified atom stereocenters. The van der Waals surface area contributed by atoms with Crippen LogP contribution in [0.15, 0.2) is 22.7 Å². The standard InChI is InChI=1S/C12H12BrF4NO2/c1-7(9-3-2-8(14)4-10(9)13)18(5-11(19)20)6-12(15,16)17/h2-4,7H,5-6H2,1H3,(H,19,20). The highest BCUT2D eigenvalue weighted by Gasteiger charge is 2.34. The van der Waals surface area contributed by atoms with E-state index in [1.54, 1.807) is 0 Å². The van der Waals surface area contributed by atoms with Gasteiger partial charge >= 0.3 is 12.1 Å². The quantitative estimate of drug-likeness (QED) is 0.818. The zero-order valence-electron chi connectivity index (χ0n) is 10.4. The Balaban J connectivity index is 3.02. The minimum atomic E-state index is -4.52. The fourth-order valence-corrected chi connectivity index (χ4v) is 2.45. The van der Waals surface area contributed by atoms with Crippen LogP contribution >= 0.6 is 15.9 Å². The first kappa shape index (κ1) is 16.9. The van der Waals surface area contributed by atoms with Crippen LogP contribution in [-0.4, -0.2) is 35.2 Å². The maximum absolute atomic E-state index is 13.0. The summed E-state index contributed by atoms with van der Waals surface area (Å²) in [5.41, 5.74) is 0.386. The number of rotatable bonds is 5. The summed E-state index contributed by atoms with van der Waals surface area (Å²) < 4.78 is 50.7. The number of carbonyl (C=O) groups is 1. The molecule has 0 saturated heterocycles. The molecule has 0 spiro atoms. The molecule has 0 heterocycles. The molecule has 0 saturated carbocycles. The van der Waals surface area contributed by atoms with Gasteiger partial charge in [-0.2, -0.15) is 13.2 Å². The van der Waals surface area contributed by atoms with E-state index in [-0.39, 0.29) is 0 Å². The average molecular weight is 358 g/mol. The molecule has 0 bridgehead atoms. The number of hydrogen-bond acceptors (Lipinski definition) is 2. The van der Waals surface area contributed by atoms with Gasteiger partial charge in [-0.25, -0.2) is 4.39 Å². The number of carboxylic acids is 1. The van der Waals surface area contributed by atoms with Crippen molar-refractivity contribution >= 4 is 21.9 Å². The first-order chi connectivity index (χ1) is 9.10. The van der Waals surface area contributed by atoms with Crippen LogP contribution in [0.3, 0.4) is 0 Å². The molecule has 0 amide bonds. The lowest BCUT2D eigenvalue weighted by Gasteiger charge is -2.29. The molecule has 0 aliphatic heterocycles. The summed E-state index contributed by atoms with van der Waals surface area (Å²) in [6, 6.07) is 2.74. The zero-order chi connectivity index (χ0) is 15.5. The van der Waals surface area contributed by atoms with Crippen LogP contribution in [0.5, 0.6) is 0 Å². The maximum atomic E-state index is 13.0. The Kier molecular flexibility index (Phi) is 5.52. The summed E-state index contributed by atoms with van der Waals surface area (Å²) in [4.78, 5) is 11.5. The first-order valence-electron chi connectivity index (χ1n) is 5.57. The smallest absolute Gasteiger partial charge is 0.401 e. The third-order valence-electron chi connectivity index (χ3n) is 2.68. The van der Waals surface area contributed by atoms with Gasteiger partial charge < -0.3 is 5.11 Å². The number of hydrogen-bond donors (Lipinski definition) is 1. The van der Waals surface area contributed by atoms with Crippen molar-refractivity contribution < 1.29 is 27.5 Å². The molecule has 1 aromatic rings. The molecule has 0 aromatic heterocycles. The van der Waals surface area contributed by atoms with Gasteiger partial charge in [0.1, 0.15) is 5.82 Å². The molecule has 0 aliphatic rings. The van der Waals surface area contributed by atoms with Gasteiger partial charge in [-0.15, -0.1) is 0 Å². The highest BCUT2D eigenvalue weighted by atomic mass is 79.9. The van der Waals surface area contributed by atoms with Crippen molar-refractivity contribution in [2.75, 3.05) is 13.1 Å². The van der Waals surface area contributed by atoms with E-state index in [0.29, 0.717) is 10.0 Å². The minimum Gasteiger partial charge on any atom is -0.480 e. The van der Waals surface area contributed by atoms with Gasteiger partial charge in [-0.1, -0.05) is 22.0 Å². The third kappa shape index (κ3) is 5.09. The topological polar surface area (TPSA) is 40.5 Å². The second-order valence-corrected chi connectivity index (χ2v) is 5.11. The summed E-state index contributed by atoms with van der Waals surface area (Å²) in [6.45, 7) is -0.679. The lowest BCUT2D eigenvalue weighted by molar-refractivity contribution is -0.157. The van der Waals surface area contributed by atoms with E-state index in [9.17, 15) is 22.4 Å². The predicted octanol–water partition coefficient (Wildman–Crippen LogP) is 3.60. The number of aliphatic carboxylic acids is 1. The Morgan fingerprint density at radius 1 is 1.45 bits per heavy atom. The van der Waals surface area contributed by atoms with Crippen molar-refractivity contribution in [2.45, 2.75) is 19.1 Å². The molecule has 1 aromatic carbocycles. The second kappa shape index (κ2) is 6.53. The fourth-order valence-electron chi connectivity index (χ4n) is 1.77. The van der Waals surface area contributed by atoms with Crippen LogP contribution in [0.1, 0.15) is 18.5 Å². The monoisotopic (exact) mass is 357 g/mol. The van der Waals surface area contributed by atoms with Crippen molar-refractivity contribution in [3.63, 3.8) is 0 Å². The SMILES string of the molecule is CC(c1ccc(F)cc1Br)N(CC(=O)O)CC(F)(F)F. The molecule has 8 heteroatoms. The lowest BCUT2D eigenvalue weighted by Crippen LogP contribution is -2.39. The molecule has 1 N–H and O–H groups in total. The molecular formula is C12H12BrF4NO2. The van der Waals surface area contributed by atoms with Crippen molar-refractivity contribution in [1.82, 2.24) is 4.90 Å². The van der Waals surface area contributed by atoms with E-state index in [2.05, 4.69) is 15.9 Å². The van der Waals surface area contributed by atoms with Gasteiger partial charge in [-0.05, 0) is 24.6 Å². The predicted molar refractivity (Wildman–Crippen MR) is 67.8 cm³/mol. The van der Waals surface area contributed by atoms with Crippen LogP contribution in [0, 0.1) is 5.82 Å². The van der Waals surface area contributed by atoms with Crippen molar-refractivity contribution in [3.05, 3.63) is 34.1 Å². The highest BCUT2D eigenvalue weighted by molar-refractivity contribution is 9.10. The van der Waals surface area contributed by atoms with Crippen molar-refractivity contribution in [3.8, 4) is 0 Å². The third-order valence-corrected chi connectivity index (χ3v) is 3.37. The average Bonchev–Trinajstić information content (AvgIpc) is 2.24. The zero-order valence-corrected chi connectivity index (χ0v) is 12.0. The molecule has 0 radical (unpaired) electrons. The van der Waals surface area contributed by atoms with E-state index in [1.165, 1.54) is 13.0 Å². The Morgan fingerprint density at radius 3 is 2.50 bits per heavy atom. The Bertz CT molecular complexity index is 493. The molecule has 112 valence electrons. The van der Waals surface area contributed by atoms with Crippen molar-refractivity contribution in [2.24, 2.45) is 0 Å². The largest absolute Gasteiger partial charge is 0.480 e. The van der Waals surface area contributed by atoms with Gasteiger partial charge in [-0.3, -0.25) is 9.69 Å². The van der Waals surface area contributed by atoms with Crippen LogP contribution in [0.4, 0.5) is 17.6 Å². The van der Waals surface area contributed by atoms with Gasteiger partial charge in [0.25, 0.3) is 0 Å². The van der Waals surface area contributed by atoms with E-state index in [0.717, 1.165) is 17.0 Å². The molecule has 20 heavy (non-hydrogen) atoms. The van der Waals surface area contributed by atoms with Gasteiger partial charge in [0.2, 0.25) is 0 Å². The van der Waals surface area contributed by atoms with E-state index in [1.807, 2.05) is 0 Å². The van der Waals surface area contributed by atoms with Crippen LogP contribution < -0.4 is 0 Å². The molecule has 1 atom stereocenters.